The minimum Gasteiger partial charge on any atom is -0.327 e. The van der Waals surface area contributed by atoms with Crippen LogP contribution in [0.3, 0.4) is 0 Å². The molecule has 4 nitrogen and oxygen atoms in total. The van der Waals surface area contributed by atoms with Crippen molar-refractivity contribution in [1.29, 1.82) is 0 Å². The Kier molecular flexibility index (Phi) is 7.88. The van der Waals surface area contributed by atoms with E-state index in [0.29, 0.717) is 12.2 Å². The largest absolute Gasteiger partial charge is 0.451 e. The summed E-state index contributed by atoms with van der Waals surface area (Å²) in [5.41, 5.74) is 6.98. The van der Waals surface area contributed by atoms with Gasteiger partial charge < -0.3 is 5.73 Å². The van der Waals surface area contributed by atoms with Crippen molar-refractivity contribution in [3.05, 3.63) is 23.3 Å². The highest BCUT2D eigenvalue weighted by molar-refractivity contribution is 5.85. The van der Waals surface area contributed by atoms with E-state index in [1.807, 2.05) is 0 Å². The van der Waals surface area contributed by atoms with Gasteiger partial charge in [-0.25, -0.2) is 9.97 Å². The van der Waals surface area contributed by atoms with Crippen molar-refractivity contribution in [2.24, 2.45) is 5.73 Å². The summed E-state index contributed by atoms with van der Waals surface area (Å²) in [6, 6.07) is 0.143. The SMILES string of the molecule is Cc1nc(C(F)(F)F)ncc1CN1CCCC(N)C1.Cl.Cl. The zero-order chi connectivity index (χ0) is 14.0. The van der Waals surface area contributed by atoms with Crippen LogP contribution in [0.5, 0.6) is 0 Å². The maximum atomic E-state index is 12.5. The van der Waals surface area contributed by atoms with Crippen LogP contribution >= 0.6 is 24.8 Å². The molecule has 1 saturated heterocycles. The molecule has 1 unspecified atom stereocenters. The monoisotopic (exact) mass is 346 g/mol. The number of likely N-dealkylation sites (tertiary alicyclic amines) is 1. The number of nitrogens with zero attached hydrogens (tertiary/aromatic N) is 3. The molecular formula is C12H19Cl2F3N4. The van der Waals surface area contributed by atoms with E-state index in [2.05, 4.69) is 14.9 Å². The molecule has 2 heterocycles. The summed E-state index contributed by atoms with van der Waals surface area (Å²) in [6.45, 7) is 3.81. The fourth-order valence-electron chi connectivity index (χ4n) is 2.26. The molecule has 0 spiro atoms. The quantitative estimate of drug-likeness (QED) is 0.894. The van der Waals surface area contributed by atoms with Gasteiger partial charge in [-0.15, -0.1) is 24.8 Å². The lowest BCUT2D eigenvalue weighted by atomic mass is 10.1. The Balaban J connectivity index is 0.00000200. The Labute approximate surface area is 134 Å². The first kappa shape index (κ1) is 20.4. The van der Waals surface area contributed by atoms with Gasteiger partial charge in [-0.3, -0.25) is 4.90 Å². The Morgan fingerprint density at radius 3 is 2.57 bits per heavy atom. The van der Waals surface area contributed by atoms with E-state index >= 15 is 0 Å². The molecule has 1 aliphatic heterocycles. The molecule has 1 atom stereocenters. The van der Waals surface area contributed by atoms with E-state index in [1.165, 1.54) is 6.20 Å². The van der Waals surface area contributed by atoms with E-state index in [-0.39, 0.29) is 30.9 Å². The molecule has 122 valence electrons. The highest BCUT2D eigenvalue weighted by atomic mass is 35.5. The minimum absolute atomic E-state index is 0. The summed E-state index contributed by atoms with van der Waals surface area (Å²) < 4.78 is 37.4. The Hall–Kier alpha value is -0.630. The van der Waals surface area contributed by atoms with Gasteiger partial charge in [0.1, 0.15) is 0 Å². The zero-order valence-electron chi connectivity index (χ0n) is 11.6. The van der Waals surface area contributed by atoms with Crippen LogP contribution in [0.2, 0.25) is 0 Å². The van der Waals surface area contributed by atoms with Crippen molar-refractivity contribution in [2.75, 3.05) is 13.1 Å². The summed E-state index contributed by atoms with van der Waals surface area (Å²) >= 11 is 0. The van der Waals surface area contributed by atoms with Gasteiger partial charge in [0, 0.05) is 36.6 Å². The molecule has 1 aromatic rings. The maximum Gasteiger partial charge on any atom is 0.451 e. The average Bonchev–Trinajstić information content (AvgIpc) is 2.30. The van der Waals surface area contributed by atoms with Crippen LogP contribution in [0, 0.1) is 6.92 Å². The van der Waals surface area contributed by atoms with Gasteiger partial charge >= 0.3 is 6.18 Å². The van der Waals surface area contributed by atoms with E-state index in [4.69, 9.17) is 5.73 Å². The molecule has 1 aromatic heterocycles. The third kappa shape index (κ3) is 5.58. The minimum atomic E-state index is -4.49. The number of piperidine rings is 1. The molecule has 0 aliphatic carbocycles. The summed E-state index contributed by atoms with van der Waals surface area (Å²) in [5, 5.41) is 0. The fourth-order valence-corrected chi connectivity index (χ4v) is 2.26. The molecule has 9 heteroatoms. The highest BCUT2D eigenvalue weighted by Crippen LogP contribution is 2.26. The van der Waals surface area contributed by atoms with Gasteiger partial charge in [0.25, 0.3) is 0 Å². The van der Waals surface area contributed by atoms with Gasteiger partial charge in [0.2, 0.25) is 5.82 Å². The number of aromatic nitrogens is 2. The lowest BCUT2D eigenvalue weighted by Gasteiger charge is -2.30. The summed E-state index contributed by atoms with van der Waals surface area (Å²) in [6.07, 6.45) is -1.21. The van der Waals surface area contributed by atoms with E-state index in [9.17, 15) is 13.2 Å². The van der Waals surface area contributed by atoms with Crippen molar-refractivity contribution in [3.63, 3.8) is 0 Å². The second-order valence-corrected chi connectivity index (χ2v) is 4.94. The Morgan fingerprint density at radius 2 is 2.05 bits per heavy atom. The van der Waals surface area contributed by atoms with Crippen LogP contribution < -0.4 is 5.73 Å². The Morgan fingerprint density at radius 1 is 1.38 bits per heavy atom. The Bertz CT molecular complexity index is 457. The van der Waals surface area contributed by atoms with Crippen LogP contribution in [0.25, 0.3) is 0 Å². The second-order valence-electron chi connectivity index (χ2n) is 4.94. The number of hydrogen-bond acceptors (Lipinski definition) is 4. The third-order valence-corrected chi connectivity index (χ3v) is 3.27. The molecule has 0 saturated carbocycles. The van der Waals surface area contributed by atoms with Crippen molar-refractivity contribution < 1.29 is 13.2 Å². The van der Waals surface area contributed by atoms with Crippen LogP contribution in [0.15, 0.2) is 6.20 Å². The van der Waals surface area contributed by atoms with Crippen LogP contribution in [0.1, 0.15) is 29.9 Å². The van der Waals surface area contributed by atoms with Crippen molar-refractivity contribution in [2.45, 2.75) is 38.5 Å². The fraction of sp³-hybridized carbons (Fsp3) is 0.667. The van der Waals surface area contributed by atoms with Crippen LogP contribution in [0.4, 0.5) is 13.2 Å². The van der Waals surface area contributed by atoms with Crippen molar-refractivity contribution in [3.8, 4) is 0 Å². The number of aryl methyl sites for hydroxylation is 1. The average molecular weight is 347 g/mol. The standard InChI is InChI=1S/C12H17F3N4.2ClH/c1-8-9(5-17-11(18-8)12(13,14)15)6-19-4-2-3-10(16)7-19;;/h5,10H,2-4,6-7,16H2,1H3;2*1H. The van der Waals surface area contributed by atoms with Gasteiger partial charge in [0.15, 0.2) is 0 Å². The first-order valence-corrected chi connectivity index (χ1v) is 6.24. The van der Waals surface area contributed by atoms with Crippen molar-refractivity contribution in [1.82, 2.24) is 14.9 Å². The molecule has 2 N–H and O–H groups in total. The van der Waals surface area contributed by atoms with Gasteiger partial charge in [-0.1, -0.05) is 0 Å². The lowest BCUT2D eigenvalue weighted by molar-refractivity contribution is -0.145. The molecule has 2 rings (SSSR count). The summed E-state index contributed by atoms with van der Waals surface area (Å²) in [4.78, 5) is 9.07. The normalized spacial score (nSPS) is 19.6. The first-order chi connectivity index (χ1) is 8.86. The van der Waals surface area contributed by atoms with E-state index < -0.39 is 12.0 Å². The smallest absolute Gasteiger partial charge is 0.327 e. The predicted molar refractivity (Wildman–Crippen MR) is 78.8 cm³/mol. The van der Waals surface area contributed by atoms with Gasteiger partial charge in [-0.05, 0) is 26.3 Å². The lowest BCUT2D eigenvalue weighted by Crippen LogP contribution is -2.42. The highest BCUT2D eigenvalue weighted by Gasteiger charge is 2.34. The van der Waals surface area contributed by atoms with Gasteiger partial charge in [-0.2, -0.15) is 13.2 Å². The molecule has 0 amide bonds. The second kappa shape index (κ2) is 8.12. The molecule has 0 aromatic carbocycles. The topological polar surface area (TPSA) is 55.0 Å². The third-order valence-electron chi connectivity index (χ3n) is 3.27. The molecule has 1 aliphatic rings. The number of rotatable bonds is 2. The maximum absolute atomic E-state index is 12.5. The molecule has 0 bridgehead atoms. The molecule has 0 radical (unpaired) electrons. The number of halogens is 5. The molecule has 21 heavy (non-hydrogen) atoms. The van der Waals surface area contributed by atoms with Crippen molar-refractivity contribution >= 4 is 24.8 Å². The van der Waals surface area contributed by atoms with E-state index in [1.54, 1.807) is 6.92 Å². The van der Waals surface area contributed by atoms with Crippen LogP contribution in [-0.2, 0) is 12.7 Å². The molecular weight excluding hydrogens is 328 g/mol. The van der Waals surface area contributed by atoms with Crippen LogP contribution in [-0.4, -0.2) is 34.0 Å². The van der Waals surface area contributed by atoms with E-state index in [0.717, 1.165) is 31.5 Å². The zero-order valence-corrected chi connectivity index (χ0v) is 13.2. The van der Waals surface area contributed by atoms with Gasteiger partial charge in [0.05, 0.1) is 0 Å². The summed E-state index contributed by atoms with van der Waals surface area (Å²) in [7, 11) is 0. The summed E-state index contributed by atoms with van der Waals surface area (Å²) in [5.74, 6) is -1.08. The molecule has 1 fully saturated rings. The number of nitrogens with two attached hydrogens (primary N) is 1. The number of hydrogen-bond donors (Lipinski definition) is 1. The number of alkyl halides is 3. The predicted octanol–water partition coefficient (Wildman–Crippen LogP) is 2.57. The first-order valence-electron chi connectivity index (χ1n) is 6.24.